The number of fused-ring (bicyclic) bond motifs is 2. The van der Waals surface area contributed by atoms with E-state index < -0.39 is 0 Å². The van der Waals surface area contributed by atoms with E-state index in [2.05, 4.69) is 73.1 Å². The molecule has 0 spiro atoms. The van der Waals surface area contributed by atoms with Gasteiger partial charge in [-0.1, -0.05) is 63.2 Å². The van der Waals surface area contributed by atoms with Gasteiger partial charge in [-0.15, -0.1) is 0 Å². The van der Waals surface area contributed by atoms with Gasteiger partial charge in [-0.2, -0.15) is 0 Å². The summed E-state index contributed by atoms with van der Waals surface area (Å²) >= 11 is 0. The van der Waals surface area contributed by atoms with Gasteiger partial charge in [-0.25, -0.2) is 4.98 Å². The van der Waals surface area contributed by atoms with Gasteiger partial charge in [0.2, 0.25) is 0 Å². The zero-order valence-corrected chi connectivity index (χ0v) is 15.7. The average Bonchev–Trinajstić information content (AvgIpc) is 2.61. The molecule has 134 valence electrons. The molecule has 4 heteroatoms. The maximum Gasteiger partial charge on any atom is 0.254 e. The van der Waals surface area contributed by atoms with Crippen LogP contribution in [0.2, 0.25) is 0 Å². The third kappa shape index (κ3) is 3.17. The van der Waals surface area contributed by atoms with E-state index in [1.165, 1.54) is 16.3 Å². The monoisotopic (exact) mass is 347 g/mol. The Bertz CT molecular complexity index is 1010. The van der Waals surface area contributed by atoms with Crippen molar-refractivity contribution in [3.8, 4) is 0 Å². The number of hydrogen-bond acceptors (Lipinski definition) is 3. The summed E-state index contributed by atoms with van der Waals surface area (Å²) in [7, 11) is 0. The van der Waals surface area contributed by atoms with Crippen LogP contribution in [0.5, 0.6) is 0 Å². The Balaban J connectivity index is 1.64. The largest absolute Gasteiger partial charge is 0.310 e. The molecule has 1 aromatic heterocycles. The molecule has 0 saturated heterocycles. The van der Waals surface area contributed by atoms with E-state index in [0.717, 1.165) is 43.1 Å². The van der Waals surface area contributed by atoms with Gasteiger partial charge in [0.1, 0.15) is 5.82 Å². The molecular weight excluding hydrogens is 322 g/mol. The number of aromatic amines is 1. The van der Waals surface area contributed by atoms with Crippen molar-refractivity contribution in [3.05, 3.63) is 75.5 Å². The number of aromatic nitrogens is 2. The maximum absolute atomic E-state index is 12.5. The summed E-state index contributed by atoms with van der Waals surface area (Å²) in [4.78, 5) is 22.6. The Labute approximate surface area is 153 Å². The van der Waals surface area contributed by atoms with Crippen molar-refractivity contribution < 1.29 is 0 Å². The van der Waals surface area contributed by atoms with Crippen molar-refractivity contribution in [1.82, 2.24) is 14.9 Å². The van der Waals surface area contributed by atoms with E-state index in [9.17, 15) is 4.79 Å². The third-order valence-corrected chi connectivity index (χ3v) is 5.14. The second-order valence-corrected chi connectivity index (χ2v) is 8.19. The summed E-state index contributed by atoms with van der Waals surface area (Å²) in [5.41, 5.74) is 2.99. The van der Waals surface area contributed by atoms with E-state index in [4.69, 9.17) is 4.98 Å². The van der Waals surface area contributed by atoms with Crippen LogP contribution in [0.3, 0.4) is 0 Å². The van der Waals surface area contributed by atoms with Gasteiger partial charge < -0.3 is 4.98 Å². The predicted molar refractivity (Wildman–Crippen MR) is 105 cm³/mol. The third-order valence-electron chi connectivity index (χ3n) is 5.14. The highest BCUT2D eigenvalue weighted by molar-refractivity contribution is 5.85. The smallest absolute Gasteiger partial charge is 0.254 e. The zero-order chi connectivity index (χ0) is 18.3. The lowest BCUT2D eigenvalue weighted by Crippen LogP contribution is -2.36. The van der Waals surface area contributed by atoms with Gasteiger partial charge in [0, 0.05) is 30.6 Å². The summed E-state index contributed by atoms with van der Waals surface area (Å²) in [5.74, 6) is 0.772. The van der Waals surface area contributed by atoms with Crippen molar-refractivity contribution in [3.63, 3.8) is 0 Å². The SMILES string of the molecule is CC(C)(C)c1nc2c(c(=O)[nH]1)CCN(Cc1cccc3ccccc13)C2. The van der Waals surface area contributed by atoms with Gasteiger partial charge in [0.15, 0.2) is 0 Å². The quantitative estimate of drug-likeness (QED) is 0.767. The molecule has 2 aromatic carbocycles. The van der Waals surface area contributed by atoms with Gasteiger partial charge in [-0.05, 0) is 22.8 Å². The van der Waals surface area contributed by atoms with Crippen molar-refractivity contribution in [2.45, 2.75) is 45.7 Å². The number of benzene rings is 2. The highest BCUT2D eigenvalue weighted by Gasteiger charge is 2.25. The molecule has 0 fully saturated rings. The Morgan fingerprint density at radius 1 is 1.12 bits per heavy atom. The normalized spacial score (nSPS) is 15.2. The molecule has 4 nitrogen and oxygen atoms in total. The summed E-state index contributed by atoms with van der Waals surface area (Å²) in [6.07, 6.45) is 0.757. The Morgan fingerprint density at radius 2 is 1.88 bits per heavy atom. The van der Waals surface area contributed by atoms with Crippen molar-refractivity contribution in [2.75, 3.05) is 6.54 Å². The lowest BCUT2D eigenvalue weighted by molar-refractivity contribution is 0.240. The molecule has 1 N–H and O–H groups in total. The zero-order valence-electron chi connectivity index (χ0n) is 15.7. The van der Waals surface area contributed by atoms with E-state index in [1.54, 1.807) is 0 Å². The Morgan fingerprint density at radius 3 is 2.69 bits per heavy atom. The molecule has 3 aromatic rings. The minimum atomic E-state index is -0.161. The van der Waals surface area contributed by atoms with Crippen molar-refractivity contribution in [1.29, 1.82) is 0 Å². The number of rotatable bonds is 2. The van der Waals surface area contributed by atoms with Crippen LogP contribution in [-0.2, 0) is 24.9 Å². The molecule has 4 rings (SSSR count). The van der Waals surface area contributed by atoms with Crippen LogP contribution in [0.1, 0.15) is 43.4 Å². The second-order valence-electron chi connectivity index (χ2n) is 8.19. The lowest BCUT2D eigenvalue weighted by Gasteiger charge is -2.29. The van der Waals surface area contributed by atoms with Crippen LogP contribution in [0.15, 0.2) is 47.3 Å². The highest BCUT2D eigenvalue weighted by Crippen LogP contribution is 2.24. The van der Waals surface area contributed by atoms with E-state index in [0.29, 0.717) is 0 Å². The second kappa shape index (κ2) is 6.36. The van der Waals surface area contributed by atoms with Crippen LogP contribution >= 0.6 is 0 Å². The molecular formula is C22H25N3O. The van der Waals surface area contributed by atoms with Crippen molar-refractivity contribution in [2.24, 2.45) is 0 Å². The molecule has 0 aliphatic carbocycles. The number of H-pyrrole nitrogens is 1. The van der Waals surface area contributed by atoms with E-state index in [1.807, 2.05) is 0 Å². The van der Waals surface area contributed by atoms with Crippen LogP contribution in [0.25, 0.3) is 10.8 Å². The molecule has 0 bridgehead atoms. The highest BCUT2D eigenvalue weighted by atomic mass is 16.1. The molecule has 26 heavy (non-hydrogen) atoms. The van der Waals surface area contributed by atoms with Crippen LogP contribution in [-0.4, -0.2) is 21.4 Å². The minimum absolute atomic E-state index is 0.0322. The summed E-state index contributed by atoms with van der Waals surface area (Å²) < 4.78 is 0. The first-order chi connectivity index (χ1) is 12.4. The fourth-order valence-corrected chi connectivity index (χ4v) is 3.66. The minimum Gasteiger partial charge on any atom is -0.310 e. The number of nitrogens with one attached hydrogen (secondary N) is 1. The number of hydrogen-bond donors (Lipinski definition) is 1. The first-order valence-corrected chi connectivity index (χ1v) is 9.23. The Hall–Kier alpha value is -2.46. The average molecular weight is 347 g/mol. The first kappa shape index (κ1) is 17.0. The van der Waals surface area contributed by atoms with Gasteiger partial charge in [0.25, 0.3) is 5.56 Å². The fourth-order valence-electron chi connectivity index (χ4n) is 3.66. The summed E-state index contributed by atoms with van der Waals surface area (Å²) in [5, 5.41) is 2.57. The fraction of sp³-hybridized carbons (Fsp3) is 0.364. The van der Waals surface area contributed by atoms with Crippen LogP contribution in [0.4, 0.5) is 0 Å². The first-order valence-electron chi connectivity index (χ1n) is 9.23. The van der Waals surface area contributed by atoms with E-state index in [-0.39, 0.29) is 11.0 Å². The molecule has 2 heterocycles. The van der Waals surface area contributed by atoms with Crippen molar-refractivity contribution >= 4 is 10.8 Å². The van der Waals surface area contributed by atoms with Gasteiger partial charge in [0.05, 0.1) is 5.69 Å². The van der Waals surface area contributed by atoms with Gasteiger partial charge in [-0.3, -0.25) is 9.69 Å². The molecule has 0 saturated carbocycles. The molecule has 1 aliphatic rings. The molecule has 0 radical (unpaired) electrons. The van der Waals surface area contributed by atoms with Gasteiger partial charge >= 0.3 is 0 Å². The van der Waals surface area contributed by atoms with Crippen LogP contribution in [0, 0.1) is 0 Å². The predicted octanol–water partition coefficient (Wildman–Crippen LogP) is 3.78. The number of nitrogens with zero attached hydrogens (tertiary/aromatic N) is 2. The molecule has 0 atom stereocenters. The molecule has 0 amide bonds. The summed E-state index contributed by atoms with van der Waals surface area (Å²) in [6.45, 7) is 8.72. The molecule has 1 aliphatic heterocycles. The molecule has 0 unspecified atom stereocenters. The maximum atomic E-state index is 12.5. The topological polar surface area (TPSA) is 49.0 Å². The lowest BCUT2D eigenvalue weighted by atomic mass is 9.94. The standard InChI is InChI=1S/C22H25N3O/c1-22(2,3)21-23-19-14-25(12-11-18(19)20(26)24-21)13-16-9-6-8-15-7-4-5-10-17(15)16/h4-10H,11-14H2,1-3H3,(H,23,24,26). The summed E-state index contributed by atoms with van der Waals surface area (Å²) in [6, 6.07) is 15.0. The van der Waals surface area contributed by atoms with Crippen LogP contribution < -0.4 is 5.56 Å². The Kier molecular flexibility index (Phi) is 4.16. The van der Waals surface area contributed by atoms with E-state index >= 15 is 0 Å².